The van der Waals surface area contributed by atoms with Crippen molar-refractivity contribution in [3.8, 4) is 5.75 Å². The summed E-state index contributed by atoms with van der Waals surface area (Å²) in [6.07, 6.45) is 3.49. The van der Waals surface area contributed by atoms with Gasteiger partial charge in [-0.05, 0) is 42.2 Å². The number of hydrogen-bond donors (Lipinski definition) is 2. The molecule has 0 bridgehead atoms. The van der Waals surface area contributed by atoms with Crippen LogP contribution in [0.15, 0.2) is 36.5 Å². The van der Waals surface area contributed by atoms with E-state index in [0.717, 1.165) is 24.0 Å². The van der Waals surface area contributed by atoms with Crippen LogP contribution in [0.2, 0.25) is 0 Å². The van der Waals surface area contributed by atoms with Gasteiger partial charge in [-0.2, -0.15) is 0 Å². The van der Waals surface area contributed by atoms with Gasteiger partial charge in [-0.15, -0.1) is 0 Å². The number of fused-ring (bicyclic) bond motifs is 1. The molecule has 3 rings (SSSR count). The number of phenolic OH excluding ortho intramolecular Hbond substituents is 1. The summed E-state index contributed by atoms with van der Waals surface area (Å²) in [5.41, 5.74) is 2.64. The Labute approximate surface area is 111 Å². The van der Waals surface area contributed by atoms with Crippen molar-refractivity contribution in [3.63, 3.8) is 0 Å². The van der Waals surface area contributed by atoms with Crippen LogP contribution in [0.1, 0.15) is 34.1 Å². The highest BCUT2D eigenvalue weighted by molar-refractivity contribution is 5.93. The molecule has 0 aliphatic heterocycles. The lowest BCUT2D eigenvalue weighted by molar-refractivity contribution is 0.0928. The van der Waals surface area contributed by atoms with E-state index in [1.54, 1.807) is 16.7 Å². The Hall–Kier alpha value is -2.23. The van der Waals surface area contributed by atoms with Crippen molar-refractivity contribution < 1.29 is 9.90 Å². The van der Waals surface area contributed by atoms with Crippen LogP contribution in [0, 0.1) is 0 Å². The summed E-state index contributed by atoms with van der Waals surface area (Å²) >= 11 is 0. The first-order valence-corrected chi connectivity index (χ1v) is 6.40. The van der Waals surface area contributed by atoms with E-state index in [9.17, 15) is 9.90 Å². The summed E-state index contributed by atoms with van der Waals surface area (Å²) in [6, 6.07) is 9.13. The molecule has 0 spiro atoms. The highest BCUT2D eigenvalue weighted by Gasteiger charge is 2.26. The second kappa shape index (κ2) is 4.46. The zero-order valence-corrected chi connectivity index (χ0v) is 10.8. The van der Waals surface area contributed by atoms with Crippen LogP contribution in [0.4, 0.5) is 0 Å². The standard InChI is InChI=1S/C15H16N2O2/c1-17-9-3-5-13(17)15(19)16-12-8-7-11-10(12)4-2-6-14(11)18/h2-6,9,12,18H,7-8H2,1H3,(H,16,19). The zero-order valence-electron chi connectivity index (χ0n) is 10.8. The van der Waals surface area contributed by atoms with Gasteiger partial charge in [0, 0.05) is 13.2 Å². The van der Waals surface area contributed by atoms with Crippen molar-refractivity contribution in [1.82, 2.24) is 9.88 Å². The van der Waals surface area contributed by atoms with Crippen molar-refractivity contribution in [2.75, 3.05) is 0 Å². The summed E-state index contributed by atoms with van der Waals surface area (Å²) < 4.78 is 1.80. The van der Waals surface area contributed by atoms with Crippen LogP contribution < -0.4 is 5.32 Å². The molecule has 0 fully saturated rings. The number of nitrogens with one attached hydrogen (secondary N) is 1. The minimum Gasteiger partial charge on any atom is -0.508 e. The number of benzene rings is 1. The van der Waals surface area contributed by atoms with Crippen LogP contribution in [-0.2, 0) is 13.5 Å². The third-order valence-electron chi connectivity index (χ3n) is 3.73. The first-order valence-electron chi connectivity index (χ1n) is 6.40. The number of phenols is 1. The van der Waals surface area contributed by atoms with E-state index in [-0.39, 0.29) is 11.9 Å². The molecule has 1 unspecified atom stereocenters. The van der Waals surface area contributed by atoms with Gasteiger partial charge in [0.1, 0.15) is 11.4 Å². The van der Waals surface area contributed by atoms with E-state index in [2.05, 4.69) is 5.32 Å². The molecule has 1 amide bonds. The van der Waals surface area contributed by atoms with Crippen molar-refractivity contribution >= 4 is 5.91 Å². The second-order valence-electron chi connectivity index (χ2n) is 4.91. The first-order chi connectivity index (χ1) is 9.16. The molecule has 4 heteroatoms. The van der Waals surface area contributed by atoms with Gasteiger partial charge in [-0.25, -0.2) is 0 Å². The third kappa shape index (κ3) is 1.99. The number of amides is 1. The van der Waals surface area contributed by atoms with E-state index in [1.165, 1.54) is 0 Å². The maximum absolute atomic E-state index is 12.2. The Kier molecular flexibility index (Phi) is 2.78. The number of rotatable bonds is 2. The van der Waals surface area contributed by atoms with Crippen LogP contribution in [-0.4, -0.2) is 15.6 Å². The molecule has 2 aromatic rings. The van der Waals surface area contributed by atoms with Crippen molar-refractivity contribution in [2.24, 2.45) is 7.05 Å². The minimum absolute atomic E-state index is 0.00972. The molecule has 1 aromatic carbocycles. The molecule has 0 saturated carbocycles. The number of aromatic hydroxyl groups is 1. The molecular formula is C15H16N2O2. The van der Waals surface area contributed by atoms with Crippen LogP contribution in [0.3, 0.4) is 0 Å². The highest BCUT2D eigenvalue weighted by atomic mass is 16.3. The van der Waals surface area contributed by atoms with Gasteiger partial charge in [0.05, 0.1) is 6.04 Å². The predicted molar refractivity (Wildman–Crippen MR) is 72.0 cm³/mol. The van der Waals surface area contributed by atoms with Gasteiger partial charge >= 0.3 is 0 Å². The lowest BCUT2D eigenvalue weighted by atomic mass is 10.1. The maximum Gasteiger partial charge on any atom is 0.268 e. The van der Waals surface area contributed by atoms with Gasteiger partial charge in [0.2, 0.25) is 0 Å². The lowest BCUT2D eigenvalue weighted by Gasteiger charge is -2.14. The molecule has 1 aromatic heterocycles. The summed E-state index contributed by atoms with van der Waals surface area (Å²) in [5, 5.41) is 12.8. The number of hydrogen-bond acceptors (Lipinski definition) is 2. The number of aromatic nitrogens is 1. The molecule has 19 heavy (non-hydrogen) atoms. The fraction of sp³-hybridized carbons (Fsp3) is 0.267. The van der Waals surface area contributed by atoms with Crippen molar-refractivity contribution in [1.29, 1.82) is 0 Å². The fourth-order valence-corrected chi connectivity index (χ4v) is 2.71. The Balaban J connectivity index is 1.82. The van der Waals surface area contributed by atoms with Gasteiger partial charge in [0.15, 0.2) is 0 Å². The molecule has 1 aliphatic carbocycles. The van der Waals surface area contributed by atoms with Gasteiger partial charge in [0.25, 0.3) is 5.91 Å². The topological polar surface area (TPSA) is 54.3 Å². The van der Waals surface area contributed by atoms with Crippen molar-refractivity contribution in [3.05, 3.63) is 53.3 Å². The molecule has 98 valence electrons. The average molecular weight is 256 g/mol. The monoisotopic (exact) mass is 256 g/mol. The summed E-state index contributed by atoms with van der Waals surface area (Å²) in [4.78, 5) is 12.2. The first kappa shape index (κ1) is 11.8. The van der Waals surface area contributed by atoms with Crippen molar-refractivity contribution in [2.45, 2.75) is 18.9 Å². The van der Waals surface area contributed by atoms with Crippen LogP contribution in [0.5, 0.6) is 5.75 Å². The number of aryl methyl sites for hydroxylation is 1. The molecule has 2 N–H and O–H groups in total. The van der Waals surface area contributed by atoms with Gasteiger partial charge in [-0.1, -0.05) is 12.1 Å². The average Bonchev–Trinajstić information content (AvgIpc) is 2.97. The Morgan fingerprint density at radius 3 is 2.95 bits per heavy atom. The number of carbonyl (C=O) groups is 1. The molecule has 1 atom stereocenters. The molecule has 4 nitrogen and oxygen atoms in total. The largest absolute Gasteiger partial charge is 0.508 e. The normalized spacial score (nSPS) is 17.2. The maximum atomic E-state index is 12.2. The van der Waals surface area contributed by atoms with Gasteiger partial charge < -0.3 is 15.0 Å². The van der Waals surface area contributed by atoms with E-state index in [4.69, 9.17) is 0 Å². The summed E-state index contributed by atoms with van der Waals surface area (Å²) in [6.45, 7) is 0. The minimum atomic E-state index is -0.0753. The smallest absolute Gasteiger partial charge is 0.268 e. The highest BCUT2D eigenvalue weighted by Crippen LogP contribution is 2.36. The SMILES string of the molecule is Cn1cccc1C(=O)NC1CCc2c(O)cccc21. The fourth-order valence-electron chi connectivity index (χ4n) is 2.71. The molecule has 1 heterocycles. The zero-order chi connectivity index (χ0) is 13.4. The lowest BCUT2D eigenvalue weighted by Crippen LogP contribution is -2.28. The predicted octanol–water partition coefficient (Wildman–Crippen LogP) is 2.15. The van der Waals surface area contributed by atoms with E-state index < -0.39 is 0 Å². The Bertz CT molecular complexity index is 631. The summed E-state index contributed by atoms with van der Waals surface area (Å²) in [7, 11) is 1.85. The molecule has 1 aliphatic rings. The Morgan fingerprint density at radius 2 is 2.21 bits per heavy atom. The Morgan fingerprint density at radius 1 is 1.37 bits per heavy atom. The van der Waals surface area contributed by atoms with E-state index in [0.29, 0.717) is 11.4 Å². The number of carbonyl (C=O) groups excluding carboxylic acids is 1. The van der Waals surface area contributed by atoms with E-state index >= 15 is 0 Å². The molecule has 0 radical (unpaired) electrons. The third-order valence-corrected chi connectivity index (χ3v) is 3.73. The molecule has 0 saturated heterocycles. The van der Waals surface area contributed by atoms with E-state index in [1.807, 2.05) is 31.4 Å². The van der Waals surface area contributed by atoms with Crippen LogP contribution in [0.25, 0.3) is 0 Å². The quantitative estimate of drug-likeness (QED) is 0.865. The molecular weight excluding hydrogens is 240 g/mol. The number of nitrogens with zero attached hydrogens (tertiary/aromatic N) is 1. The van der Waals surface area contributed by atoms with Crippen LogP contribution >= 0.6 is 0 Å². The summed E-state index contributed by atoms with van der Waals surface area (Å²) in [5.74, 6) is 0.252. The second-order valence-corrected chi connectivity index (χ2v) is 4.91. The van der Waals surface area contributed by atoms with Gasteiger partial charge in [-0.3, -0.25) is 4.79 Å².